The number of aromatic nitrogens is 2. The van der Waals surface area contributed by atoms with Gasteiger partial charge in [0.1, 0.15) is 6.54 Å². The molecule has 1 saturated heterocycles. The molecule has 1 fully saturated rings. The molecule has 0 aliphatic carbocycles. The van der Waals surface area contributed by atoms with Crippen LogP contribution in [0, 0.1) is 5.82 Å². The summed E-state index contributed by atoms with van der Waals surface area (Å²) in [6.07, 6.45) is 4.21. The van der Waals surface area contributed by atoms with Crippen molar-refractivity contribution in [2.24, 2.45) is 4.99 Å². The van der Waals surface area contributed by atoms with Gasteiger partial charge in [0, 0.05) is 37.4 Å². The van der Waals surface area contributed by atoms with Gasteiger partial charge in [-0.15, -0.1) is 0 Å². The monoisotopic (exact) mass is 408 g/mol. The van der Waals surface area contributed by atoms with Crippen molar-refractivity contribution in [3.63, 3.8) is 0 Å². The molecule has 0 bridgehead atoms. The lowest BCUT2D eigenvalue weighted by atomic mass is 10.2. The summed E-state index contributed by atoms with van der Waals surface area (Å²) in [5.41, 5.74) is 0.984. The maximum absolute atomic E-state index is 14.0. The maximum Gasteiger partial charge on any atom is 0.216 e. The highest BCUT2D eigenvalue weighted by molar-refractivity contribution is 5.80. The van der Waals surface area contributed by atoms with Gasteiger partial charge in [0.15, 0.2) is 23.4 Å². The van der Waals surface area contributed by atoms with Crippen LogP contribution >= 0.6 is 0 Å². The second-order valence-electron chi connectivity index (χ2n) is 7.06. The zero-order valence-corrected chi connectivity index (χ0v) is 16.9. The van der Waals surface area contributed by atoms with E-state index >= 15 is 0 Å². The Morgan fingerprint density at radius 2 is 2.10 bits per heavy atom. The van der Waals surface area contributed by atoms with Crippen LogP contribution in [-0.2, 0) is 6.54 Å². The van der Waals surface area contributed by atoms with E-state index in [0.29, 0.717) is 30.8 Å². The van der Waals surface area contributed by atoms with Crippen LogP contribution < -0.4 is 15.5 Å². The number of benzene rings is 1. The first-order valence-corrected chi connectivity index (χ1v) is 10.1. The minimum absolute atomic E-state index is 0.147. The van der Waals surface area contributed by atoms with E-state index in [4.69, 9.17) is 4.42 Å². The highest BCUT2D eigenvalue weighted by Gasteiger charge is 2.26. The number of rotatable bonds is 6. The Morgan fingerprint density at radius 1 is 1.23 bits per heavy atom. The van der Waals surface area contributed by atoms with Crippen molar-refractivity contribution in [3.05, 3.63) is 66.6 Å². The topological polar surface area (TPSA) is 78.6 Å². The van der Waals surface area contributed by atoms with Crippen LogP contribution in [0.2, 0.25) is 0 Å². The fraction of sp³-hybridized carbons (Fsp3) is 0.318. The lowest BCUT2D eigenvalue weighted by Gasteiger charge is -2.19. The average Bonchev–Trinajstić information content (AvgIpc) is 3.43. The van der Waals surface area contributed by atoms with Gasteiger partial charge in [0.25, 0.3) is 0 Å². The summed E-state index contributed by atoms with van der Waals surface area (Å²) >= 11 is 0. The van der Waals surface area contributed by atoms with Crippen molar-refractivity contribution in [3.8, 4) is 11.3 Å². The van der Waals surface area contributed by atoms with E-state index in [0.717, 1.165) is 30.8 Å². The van der Waals surface area contributed by atoms with Gasteiger partial charge in [-0.1, -0.05) is 30.3 Å². The van der Waals surface area contributed by atoms with Crippen LogP contribution in [-0.4, -0.2) is 41.6 Å². The predicted molar refractivity (Wildman–Crippen MR) is 115 cm³/mol. The molecule has 0 saturated carbocycles. The van der Waals surface area contributed by atoms with Gasteiger partial charge in [-0.05, 0) is 25.5 Å². The summed E-state index contributed by atoms with van der Waals surface area (Å²) in [7, 11) is 0. The van der Waals surface area contributed by atoms with Crippen LogP contribution in [0.4, 0.5) is 10.2 Å². The first kappa shape index (κ1) is 19.9. The first-order chi connectivity index (χ1) is 14.7. The fourth-order valence-corrected chi connectivity index (χ4v) is 3.46. The molecule has 30 heavy (non-hydrogen) atoms. The van der Waals surface area contributed by atoms with Crippen molar-refractivity contribution < 1.29 is 8.81 Å². The molecule has 1 unspecified atom stereocenters. The number of anilines is 1. The number of halogens is 1. The molecule has 0 radical (unpaired) electrons. The molecule has 7 nitrogen and oxygen atoms in total. The Labute approximate surface area is 175 Å². The molecule has 3 aromatic rings. The molecule has 1 aliphatic rings. The number of oxazole rings is 1. The minimum Gasteiger partial charge on any atom is -0.439 e. The van der Waals surface area contributed by atoms with E-state index in [1.54, 1.807) is 18.5 Å². The van der Waals surface area contributed by atoms with Crippen molar-refractivity contribution in [2.75, 3.05) is 24.5 Å². The second-order valence-corrected chi connectivity index (χ2v) is 7.06. The Kier molecular flexibility index (Phi) is 6.22. The van der Waals surface area contributed by atoms with E-state index in [1.807, 2.05) is 42.2 Å². The highest BCUT2D eigenvalue weighted by atomic mass is 19.1. The first-order valence-electron chi connectivity index (χ1n) is 10.1. The molecule has 4 rings (SSSR count). The molecule has 2 aromatic heterocycles. The summed E-state index contributed by atoms with van der Waals surface area (Å²) in [4.78, 5) is 15.1. The zero-order valence-electron chi connectivity index (χ0n) is 16.9. The van der Waals surface area contributed by atoms with E-state index < -0.39 is 0 Å². The third-order valence-electron chi connectivity index (χ3n) is 4.90. The SMILES string of the molecule is CCNC(=NCc1ncc(-c2ccccc2)o1)NC1CCN(c2ncccc2F)C1. The Morgan fingerprint density at radius 3 is 2.90 bits per heavy atom. The summed E-state index contributed by atoms with van der Waals surface area (Å²) in [6.45, 7) is 4.48. The molecule has 1 aliphatic heterocycles. The predicted octanol–water partition coefficient (Wildman–Crippen LogP) is 3.21. The number of guanidine groups is 1. The normalized spacial score (nSPS) is 16.7. The molecule has 3 heterocycles. The number of hydrogen-bond acceptors (Lipinski definition) is 5. The molecule has 8 heteroatoms. The molecule has 1 atom stereocenters. The van der Waals surface area contributed by atoms with Gasteiger partial charge in [0.2, 0.25) is 5.89 Å². The van der Waals surface area contributed by atoms with E-state index in [-0.39, 0.29) is 11.9 Å². The van der Waals surface area contributed by atoms with Gasteiger partial charge in [-0.3, -0.25) is 0 Å². The van der Waals surface area contributed by atoms with Crippen LogP contribution in [0.1, 0.15) is 19.2 Å². The fourth-order valence-electron chi connectivity index (χ4n) is 3.46. The van der Waals surface area contributed by atoms with E-state index in [2.05, 4.69) is 25.6 Å². The Hall–Kier alpha value is -3.42. The molecule has 0 spiro atoms. The maximum atomic E-state index is 14.0. The molecular weight excluding hydrogens is 383 g/mol. The van der Waals surface area contributed by atoms with Gasteiger partial charge in [-0.2, -0.15) is 0 Å². The molecule has 2 N–H and O–H groups in total. The number of nitrogens with one attached hydrogen (secondary N) is 2. The summed E-state index contributed by atoms with van der Waals surface area (Å²) in [5.74, 6) is 2.07. The third kappa shape index (κ3) is 4.76. The van der Waals surface area contributed by atoms with Crippen LogP contribution in [0.25, 0.3) is 11.3 Å². The van der Waals surface area contributed by atoms with Gasteiger partial charge in [0.05, 0.1) is 6.20 Å². The number of hydrogen-bond donors (Lipinski definition) is 2. The number of nitrogens with zero attached hydrogens (tertiary/aromatic N) is 4. The van der Waals surface area contributed by atoms with Gasteiger partial charge in [-0.25, -0.2) is 19.4 Å². The number of pyridine rings is 1. The lowest BCUT2D eigenvalue weighted by molar-refractivity contribution is 0.508. The molecule has 156 valence electrons. The smallest absolute Gasteiger partial charge is 0.216 e. The molecule has 0 amide bonds. The van der Waals surface area contributed by atoms with Crippen LogP contribution in [0.3, 0.4) is 0 Å². The average molecular weight is 408 g/mol. The van der Waals surface area contributed by atoms with Crippen LogP contribution in [0.5, 0.6) is 0 Å². The largest absolute Gasteiger partial charge is 0.439 e. The zero-order chi connectivity index (χ0) is 20.8. The second kappa shape index (κ2) is 9.39. The quantitative estimate of drug-likeness (QED) is 0.482. The summed E-state index contributed by atoms with van der Waals surface area (Å²) in [6, 6.07) is 13.0. The highest BCUT2D eigenvalue weighted by Crippen LogP contribution is 2.21. The Balaban J connectivity index is 1.38. The summed E-state index contributed by atoms with van der Waals surface area (Å²) < 4.78 is 19.8. The van der Waals surface area contributed by atoms with Crippen molar-refractivity contribution in [1.82, 2.24) is 20.6 Å². The van der Waals surface area contributed by atoms with Crippen molar-refractivity contribution in [2.45, 2.75) is 25.9 Å². The van der Waals surface area contributed by atoms with Gasteiger partial charge >= 0.3 is 0 Å². The Bertz CT molecular complexity index is 990. The van der Waals surface area contributed by atoms with Crippen molar-refractivity contribution in [1.29, 1.82) is 0 Å². The lowest BCUT2D eigenvalue weighted by Crippen LogP contribution is -2.44. The van der Waals surface area contributed by atoms with E-state index in [9.17, 15) is 4.39 Å². The molecular formula is C22H25FN6O. The standard InChI is InChI=1S/C22H25FN6O/c1-2-24-22(27-14-20-26-13-19(30-20)16-7-4-3-5-8-16)28-17-10-12-29(15-17)21-18(23)9-6-11-25-21/h3-9,11,13,17H,2,10,12,14-15H2,1H3,(H2,24,27,28). The number of aliphatic imine (C=N–C) groups is 1. The minimum atomic E-state index is -0.295. The molecule has 1 aromatic carbocycles. The van der Waals surface area contributed by atoms with Crippen LogP contribution in [0.15, 0.2) is 64.3 Å². The summed E-state index contributed by atoms with van der Waals surface area (Å²) in [5, 5.41) is 6.67. The van der Waals surface area contributed by atoms with Crippen molar-refractivity contribution >= 4 is 11.8 Å². The third-order valence-corrected chi connectivity index (χ3v) is 4.90. The van der Waals surface area contributed by atoms with Gasteiger partial charge < -0.3 is 20.0 Å². The van der Waals surface area contributed by atoms with E-state index in [1.165, 1.54) is 6.07 Å².